The molecule has 3 unspecified atom stereocenters. The molecule has 2 aliphatic heterocycles. The summed E-state index contributed by atoms with van der Waals surface area (Å²) in [6, 6.07) is 4.72. The number of ether oxygens (including phenoxy) is 4. The molecule has 1 aliphatic carbocycles. The number of aromatic hydroxyl groups is 1. The molecule has 0 amide bonds. The fourth-order valence-electron chi connectivity index (χ4n) is 4.52. The van der Waals surface area contributed by atoms with E-state index in [1.54, 1.807) is 12.1 Å². The number of benzene rings is 1. The van der Waals surface area contributed by atoms with Crippen molar-refractivity contribution >= 4 is 11.4 Å². The van der Waals surface area contributed by atoms with E-state index in [0.29, 0.717) is 36.1 Å². The monoisotopic (exact) mass is 452 g/mol. The summed E-state index contributed by atoms with van der Waals surface area (Å²) in [5.74, 6) is -0.231. The van der Waals surface area contributed by atoms with Crippen LogP contribution in [-0.4, -0.2) is 87.9 Å². The van der Waals surface area contributed by atoms with E-state index in [1.165, 1.54) is 19.4 Å². The van der Waals surface area contributed by atoms with E-state index in [0.717, 1.165) is 0 Å². The van der Waals surface area contributed by atoms with Gasteiger partial charge in [0.1, 0.15) is 30.5 Å². The van der Waals surface area contributed by atoms with Gasteiger partial charge in [0.15, 0.2) is 23.6 Å². The highest BCUT2D eigenvalue weighted by Gasteiger charge is 2.47. The number of hydrogen-bond acceptors (Lipinski definition) is 10. The summed E-state index contributed by atoms with van der Waals surface area (Å²) < 4.78 is 22.1. The molecule has 1 saturated heterocycles. The number of hydrogen-bond donors (Lipinski definition) is 5. The van der Waals surface area contributed by atoms with Crippen molar-refractivity contribution in [3.63, 3.8) is 0 Å². The first-order valence-electron chi connectivity index (χ1n) is 10.6. The third kappa shape index (κ3) is 4.21. The molecular formula is C22H28O10. The highest BCUT2D eigenvalue weighted by Crippen LogP contribution is 2.39. The zero-order chi connectivity index (χ0) is 23.0. The van der Waals surface area contributed by atoms with Crippen molar-refractivity contribution in [2.24, 2.45) is 5.92 Å². The minimum absolute atomic E-state index is 0.0718. The van der Waals surface area contributed by atoms with Crippen molar-refractivity contribution < 1.29 is 49.3 Å². The molecule has 10 nitrogen and oxygen atoms in total. The van der Waals surface area contributed by atoms with E-state index in [2.05, 4.69) is 0 Å². The number of Topliss-reactive ketones (excluding diaryl/α,β-unsaturated/α-hetero) is 1. The predicted molar refractivity (Wildman–Crippen MR) is 108 cm³/mol. The molecule has 10 heteroatoms. The Labute approximate surface area is 184 Å². The van der Waals surface area contributed by atoms with Gasteiger partial charge in [-0.1, -0.05) is 6.07 Å². The number of aliphatic hydroxyl groups is 4. The lowest BCUT2D eigenvalue weighted by Gasteiger charge is -2.43. The number of ketones is 1. The summed E-state index contributed by atoms with van der Waals surface area (Å²) in [7, 11) is 1.44. The van der Waals surface area contributed by atoms with Crippen LogP contribution in [0.3, 0.4) is 0 Å². The minimum Gasteiger partial charge on any atom is -0.504 e. The standard InChI is InChI=1S/C22H28O10/c1-29-15-5-2-10(6-14(15)24)13-9-30-16-7-11(3-4-12(16)18(13)25)31-22-21(28)20(27)19(26)17(8-23)32-22/h2,5-6,9,11-12,16-17,19-24,26-28H,3-4,7-8H2,1H3/t11?,12?,16?,17-,19-,20+,21-,22-/m1/s1. The maximum atomic E-state index is 13.1. The highest BCUT2D eigenvalue weighted by molar-refractivity contribution is 6.22. The maximum absolute atomic E-state index is 13.1. The molecule has 176 valence electrons. The smallest absolute Gasteiger partial charge is 0.186 e. The molecule has 0 bridgehead atoms. The maximum Gasteiger partial charge on any atom is 0.186 e. The van der Waals surface area contributed by atoms with Crippen molar-refractivity contribution in [3.8, 4) is 11.5 Å². The van der Waals surface area contributed by atoms with Crippen molar-refractivity contribution in [2.75, 3.05) is 13.7 Å². The fraction of sp³-hybridized carbons (Fsp3) is 0.591. The van der Waals surface area contributed by atoms with E-state index in [4.69, 9.17) is 18.9 Å². The SMILES string of the molecule is COc1ccc(C2=COC3CC(O[C@@H]4O[C@H](CO)[C@@H](O)[C@H](O)[C@H]4O)CCC3C2=O)cc1O. The first-order chi connectivity index (χ1) is 15.3. The summed E-state index contributed by atoms with van der Waals surface area (Å²) in [5.41, 5.74) is 0.906. The Morgan fingerprint density at radius 1 is 1.12 bits per heavy atom. The van der Waals surface area contributed by atoms with Gasteiger partial charge in [0, 0.05) is 6.42 Å². The number of aliphatic hydroxyl groups excluding tert-OH is 4. The lowest BCUT2D eigenvalue weighted by molar-refractivity contribution is -0.314. The topological polar surface area (TPSA) is 155 Å². The van der Waals surface area contributed by atoms with Gasteiger partial charge in [-0.2, -0.15) is 0 Å². The molecule has 2 heterocycles. The van der Waals surface area contributed by atoms with Crippen LogP contribution in [0.1, 0.15) is 24.8 Å². The molecule has 4 rings (SSSR count). The van der Waals surface area contributed by atoms with Crippen molar-refractivity contribution in [2.45, 2.75) is 62.2 Å². The molecular weight excluding hydrogens is 424 g/mol. The molecule has 8 atom stereocenters. The largest absolute Gasteiger partial charge is 0.504 e. The molecule has 0 radical (unpaired) electrons. The molecule has 5 N–H and O–H groups in total. The van der Waals surface area contributed by atoms with Gasteiger partial charge in [0.05, 0.1) is 37.6 Å². The molecule has 0 aromatic heterocycles. The van der Waals surface area contributed by atoms with Crippen molar-refractivity contribution in [3.05, 3.63) is 30.0 Å². The first-order valence-corrected chi connectivity index (χ1v) is 10.6. The Hall–Kier alpha value is -2.21. The second-order valence-electron chi connectivity index (χ2n) is 8.33. The second kappa shape index (κ2) is 9.34. The number of rotatable bonds is 5. The predicted octanol–water partition coefficient (Wildman–Crippen LogP) is -0.305. The van der Waals surface area contributed by atoms with E-state index in [1.807, 2.05) is 0 Å². The number of phenolic OH excluding ortho intramolecular Hbond substituents is 1. The molecule has 3 aliphatic rings. The Balaban J connectivity index is 1.42. The third-order valence-electron chi connectivity index (χ3n) is 6.37. The lowest BCUT2D eigenvalue weighted by Crippen LogP contribution is -2.60. The van der Waals surface area contributed by atoms with Crippen LogP contribution in [0.2, 0.25) is 0 Å². The zero-order valence-corrected chi connectivity index (χ0v) is 17.5. The molecule has 32 heavy (non-hydrogen) atoms. The van der Waals surface area contributed by atoms with Gasteiger partial charge in [-0.25, -0.2) is 0 Å². The van der Waals surface area contributed by atoms with Crippen LogP contribution >= 0.6 is 0 Å². The van der Waals surface area contributed by atoms with Crippen LogP contribution < -0.4 is 4.74 Å². The normalized spacial score (nSPS) is 37.3. The first kappa shape index (κ1) is 23.0. The van der Waals surface area contributed by atoms with Crippen LogP contribution in [0, 0.1) is 5.92 Å². The molecule has 1 aromatic carbocycles. The minimum atomic E-state index is -1.51. The zero-order valence-electron chi connectivity index (χ0n) is 17.5. The highest BCUT2D eigenvalue weighted by atomic mass is 16.7. The van der Waals surface area contributed by atoms with Gasteiger partial charge in [-0.3, -0.25) is 4.79 Å². The molecule has 2 fully saturated rings. The van der Waals surface area contributed by atoms with Gasteiger partial charge < -0.3 is 44.5 Å². The summed E-state index contributed by atoms with van der Waals surface area (Å²) in [6.45, 7) is -0.535. The summed E-state index contributed by atoms with van der Waals surface area (Å²) >= 11 is 0. The average molecular weight is 452 g/mol. The number of allylic oxidation sites excluding steroid dienone is 1. The van der Waals surface area contributed by atoms with Crippen molar-refractivity contribution in [1.29, 1.82) is 0 Å². The molecule has 1 aromatic rings. The number of methoxy groups -OCH3 is 1. The molecule has 0 spiro atoms. The number of phenols is 1. The van der Waals surface area contributed by atoms with Crippen LogP contribution in [0.4, 0.5) is 0 Å². The second-order valence-corrected chi connectivity index (χ2v) is 8.33. The van der Waals surface area contributed by atoms with Gasteiger partial charge >= 0.3 is 0 Å². The fourth-order valence-corrected chi connectivity index (χ4v) is 4.52. The number of carbonyl (C=O) groups is 1. The lowest BCUT2D eigenvalue weighted by atomic mass is 9.78. The Bertz CT molecular complexity index is 868. The van der Waals surface area contributed by atoms with Gasteiger partial charge in [0.25, 0.3) is 0 Å². The van der Waals surface area contributed by atoms with Crippen LogP contribution in [0.15, 0.2) is 24.5 Å². The third-order valence-corrected chi connectivity index (χ3v) is 6.37. The Kier molecular flexibility index (Phi) is 6.70. The van der Waals surface area contributed by atoms with Gasteiger partial charge in [-0.05, 0) is 30.5 Å². The van der Waals surface area contributed by atoms with Crippen LogP contribution in [0.25, 0.3) is 5.57 Å². The Morgan fingerprint density at radius 3 is 2.59 bits per heavy atom. The summed E-state index contributed by atoms with van der Waals surface area (Å²) in [4.78, 5) is 13.1. The quantitative estimate of drug-likeness (QED) is 0.402. The van der Waals surface area contributed by atoms with Gasteiger partial charge in [0.2, 0.25) is 0 Å². The van der Waals surface area contributed by atoms with Crippen molar-refractivity contribution in [1.82, 2.24) is 0 Å². The molecule has 1 saturated carbocycles. The number of fused-ring (bicyclic) bond motifs is 1. The van der Waals surface area contributed by atoms with Crippen LogP contribution in [0.5, 0.6) is 11.5 Å². The summed E-state index contributed by atoms with van der Waals surface area (Å²) in [6.07, 6.45) is -4.83. The van der Waals surface area contributed by atoms with E-state index >= 15 is 0 Å². The van der Waals surface area contributed by atoms with E-state index in [9.17, 15) is 30.3 Å². The van der Waals surface area contributed by atoms with Crippen LogP contribution in [-0.2, 0) is 19.0 Å². The van der Waals surface area contributed by atoms with Gasteiger partial charge in [-0.15, -0.1) is 0 Å². The number of carbonyl (C=O) groups excluding carboxylic acids is 1. The van der Waals surface area contributed by atoms with E-state index < -0.39 is 49.5 Å². The average Bonchev–Trinajstić information content (AvgIpc) is 2.79. The summed E-state index contributed by atoms with van der Waals surface area (Å²) in [5, 5.41) is 49.3. The Morgan fingerprint density at radius 2 is 1.91 bits per heavy atom. The van der Waals surface area contributed by atoms with E-state index in [-0.39, 0.29) is 17.5 Å².